The highest BCUT2D eigenvalue weighted by molar-refractivity contribution is 5.73. The van der Waals surface area contributed by atoms with E-state index in [0.29, 0.717) is 22.6 Å². The van der Waals surface area contributed by atoms with Crippen LogP contribution in [0.4, 0.5) is 17.6 Å². The van der Waals surface area contributed by atoms with E-state index >= 15 is 0 Å². The zero-order valence-corrected chi connectivity index (χ0v) is 16.5. The number of aromatic nitrogens is 4. The second-order valence-corrected chi connectivity index (χ2v) is 7.32. The van der Waals surface area contributed by atoms with Crippen LogP contribution in [0.1, 0.15) is 24.5 Å². The van der Waals surface area contributed by atoms with E-state index in [1.165, 1.54) is 36.1 Å². The number of benzene rings is 1. The Morgan fingerprint density at radius 3 is 2.72 bits per heavy atom. The number of aliphatic imine (C=N–C) groups is 1. The van der Waals surface area contributed by atoms with Gasteiger partial charge in [-0.3, -0.25) is 0 Å². The molecule has 32 heavy (non-hydrogen) atoms. The highest BCUT2D eigenvalue weighted by Crippen LogP contribution is 2.41. The van der Waals surface area contributed by atoms with Crippen molar-refractivity contribution < 1.29 is 22.3 Å². The van der Waals surface area contributed by atoms with Crippen molar-refractivity contribution in [2.75, 3.05) is 0 Å². The van der Waals surface area contributed by atoms with E-state index in [9.17, 15) is 17.6 Å². The van der Waals surface area contributed by atoms with Crippen LogP contribution in [0.5, 0.6) is 0 Å². The monoisotopic (exact) mass is 445 g/mol. The van der Waals surface area contributed by atoms with Crippen molar-refractivity contribution in [3.63, 3.8) is 0 Å². The Morgan fingerprint density at radius 1 is 1.28 bits per heavy atom. The fourth-order valence-electron chi connectivity index (χ4n) is 3.41. The summed E-state index contributed by atoms with van der Waals surface area (Å²) in [5, 5.41) is 16.9. The lowest BCUT2D eigenvalue weighted by atomic mass is 9.86. The number of ether oxygens (including phenoxy) is 1. The van der Waals surface area contributed by atoms with Crippen LogP contribution in [0.15, 0.2) is 47.7 Å². The average molecular weight is 445 g/mol. The number of nitrogens with zero attached hydrogens (tertiary/aromatic N) is 6. The summed E-state index contributed by atoms with van der Waals surface area (Å²) in [7, 11) is 0. The molecule has 2 N–H and O–H groups in total. The van der Waals surface area contributed by atoms with Crippen LogP contribution in [0.25, 0.3) is 17.1 Å². The Bertz CT molecular complexity index is 1230. The molecule has 3 heterocycles. The first kappa shape index (κ1) is 21.2. The Hall–Kier alpha value is -4.01. The van der Waals surface area contributed by atoms with Gasteiger partial charge < -0.3 is 10.5 Å². The van der Waals surface area contributed by atoms with Gasteiger partial charge >= 0.3 is 6.18 Å². The van der Waals surface area contributed by atoms with Gasteiger partial charge in [0.1, 0.15) is 23.2 Å². The van der Waals surface area contributed by atoms with Crippen LogP contribution >= 0.6 is 0 Å². The number of pyridine rings is 1. The molecule has 0 saturated carbocycles. The number of rotatable bonds is 3. The number of amidine groups is 1. The molecular formula is C20H15F4N7O. The first-order valence-electron chi connectivity index (χ1n) is 9.27. The third-order valence-electron chi connectivity index (χ3n) is 5.01. The maximum absolute atomic E-state index is 14.7. The van der Waals surface area contributed by atoms with Gasteiger partial charge in [-0.05, 0) is 37.3 Å². The van der Waals surface area contributed by atoms with Gasteiger partial charge in [-0.15, -0.1) is 5.10 Å². The first-order chi connectivity index (χ1) is 15.1. The van der Waals surface area contributed by atoms with Crippen LogP contribution in [0.3, 0.4) is 0 Å². The van der Waals surface area contributed by atoms with Crippen LogP contribution in [0.2, 0.25) is 0 Å². The van der Waals surface area contributed by atoms with Gasteiger partial charge in [-0.25, -0.2) is 19.0 Å². The van der Waals surface area contributed by atoms with Gasteiger partial charge in [0, 0.05) is 23.7 Å². The predicted octanol–water partition coefficient (Wildman–Crippen LogP) is 3.22. The molecule has 3 aromatic rings. The summed E-state index contributed by atoms with van der Waals surface area (Å²) < 4.78 is 61.2. The van der Waals surface area contributed by atoms with Crippen LogP contribution in [-0.2, 0) is 10.3 Å². The smallest absolute Gasteiger partial charge is 0.411 e. The molecule has 2 atom stereocenters. The zero-order valence-electron chi connectivity index (χ0n) is 16.5. The number of nitriles is 1. The highest BCUT2D eigenvalue weighted by Gasteiger charge is 2.49. The van der Waals surface area contributed by atoms with Gasteiger partial charge in [0.05, 0.1) is 11.8 Å². The van der Waals surface area contributed by atoms with E-state index in [1.807, 2.05) is 6.07 Å². The van der Waals surface area contributed by atoms with Crippen molar-refractivity contribution in [2.24, 2.45) is 10.7 Å². The second-order valence-electron chi connectivity index (χ2n) is 7.32. The third kappa shape index (κ3) is 3.96. The van der Waals surface area contributed by atoms with E-state index < -0.39 is 36.1 Å². The van der Waals surface area contributed by atoms with Crippen molar-refractivity contribution in [2.45, 2.75) is 31.2 Å². The third-order valence-corrected chi connectivity index (χ3v) is 5.01. The van der Waals surface area contributed by atoms with Gasteiger partial charge in [0.2, 0.25) is 0 Å². The molecule has 2 aromatic heterocycles. The summed E-state index contributed by atoms with van der Waals surface area (Å²) in [6.07, 6.45) is -2.40. The SMILES string of the molecule is C[C@@]1(c2cc(-c3cn(-c4ccc(C#N)cn4)nn3)ccc2F)C[C@@H](C(F)(F)F)N=C(N)O1. The summed E-state index contributed by atoms with van der Waals surface area (Å²) in [5.74, 6) is -0.363. The van der Waals surface area contributed by atoms with E-state index in [1.54, 1.807) is 12.1 Å². The van der Waals surface area contributed by atoms with E-state index in [2.05, 4.69) is 20.3 Å². The van der Waals surface area contributed by atoms with Crippen molar-refractivity contribution in [3.05, 3.63) is 59.7 Å². The Balaban J connectivity index is 1.69. The number of hydrogen-bond donors (Lipinski definition) is 1. The minimum Gasteiger partial charge on any atom is -0.454 e. The molecule has 0 amide bonds. The molecule has 0 unspecified atom stereocenters. The lowest BCUT2D eigenvalue weighted by Gasteiger charge is -2.37. The number of nitrogens with two attached hydrogens (primary N) is 1. The van der Waals surface area contributed by atoms with Crippen molar-refractivity contribution >= 4 is 6.02 Å². The molecule has 8 nitrogen and oxygen atoms in total. The lowest BCUT2D eigenvalue weighted by Crippen LogP contribution is -2.46. The van der Waals surface area contributed by atoms with Gasteiger partial charge in [-0.2, -0.15) is 18.4 Å². The Morgan fingerprint density at radius 2 is 2.06 bits per heavy atom. The molecule has 0 spiro atoms. The molecular weight excluding hydrogens is 430 g/mol. The molecule has 0 fully saturated rings. The molecule has 0 radical (unpaired) electrons. The van der Waals surface area contributed by atoms with Gasteiger partial charge in [-0.1, -0.05) is 5.21 Å². The van der Waals surface area contributed by atoms with E-state index in [-0.39, 0.29) is 5.56 Å². The topological polar surface area (TPSA) is 115 Å². The van der Waals surface area contributed by atoms with Gasteiger partial charge in [0.25, 0.3) is 6.02 Å². The maximum Gasteiger partial charge on any atom is 0.411 e. The summed E-state index contributed by atoms with van der Waals surface area (Å²) in [6, 6.07) is 6.19. The average Bonchev–Trinajstić information content (AvgIpc) is 3.23. The molecule has 0 saturated heterocycles. The van der Waals surface area contributed by atoms with Crippen molar-refractivity contribution in [3.8, 4) is 23.1 Å². The fourth-order valence-corrected chi connectivity index (χ4v) is 3.41. The lowest BCUT2D eigenvalue weighted by molar-refractivity contribution is -0.164. The number of hydrogen-bond acceptors (Lipinski definition) is 7. The van der Waals surface area contributed by atoms with Crippen LogP contribution in [-0.4, -0.2) is 38.2 Å². The molecule has 4 rings (SSSR count). The molecule has 164 valence electrons. The zero-order chi connectivity index (χ0) is 23.1. The summed E-state index contributed by atoms with van der Waals surface area (Å²) in [6.45, 7) is 1.33. The standard InChI is InChI=1S/C20H15F4N7O/c1-19(7-16(20(22,23)24)28-18(26)32-19)13-6-12(3-4-14(13)21)15-10-31(30-29-15)17-5-2-11(8-25)9-27-17/h2-6,9-10,16H,7H2,1H3,(H2,26,28)/t16-,19-/m0/s1. The largest absolute Gasteiger partial charge is 0.454 e. The van der Waals surface area contributed by atoms with Crippen molar-refractivity contribution in [1.82, 2.24) is 20.0 Å². The van der Waals surface area contributed by atoms with E-state index in [0.717, 1.165) is 6.07 Å². The molecule has 1 aliphatic rings. The van der Waals surface area contributed by atoms with Gasteiger partial charge in [0.15, 0.2) is 11.9 Å². The maximum atomic E-state index is 14.7. The molecule has 1 aromatic carbocycles. The number of halogens is 4. The minimum atomic E-state index is -4.65. The van der Waals surface area contributed by atoms with E-state index in [4.69, 9.17) is 15.7 Å². The first-order valence-corrected chi connectivity index (χ1v) is 9.27. The second kappa shape index (κ2) is 7.60. The van der Waals surface area contributed by atoms with Crippen LogP contribution < -0.4 is 5.73 Å². The summed E-state index contributed by atoms with van der Waals surface area (Å²) in [4.78, 5) is 7.41. The fraction of sp³-hybridized carbons (Fsp3) is 0.250. The minimum absolute atomic E-state index is 0.117. The molecule has 1 aliphatic heterocycles. The summed E-state index contributed by atoms with van der Waals surface area (Å²) >= 11 is 0. The number of alkyl halides is 3. The quantitative estimate of drug-likeness (QED) is 0.619. The molecule has 0 aliphatic carbocycles. The Kier molecular flexibility index (Phi) is 5.04. The predicted molar refractivity (Wildman–Crippen MR) is 104 cm³/mol. The normalized spacial score (nSPS) is 20.9. The van der Waals surface area contributed by atoms with Crippen molar-refractivity contribution in [1.29, 1.82) is 5.26 Å². The summed E-state index contributed by atoms with van der Waals surface area (Å²) in [5.41, 5.74) is 4.76. The molecule has 0 bridgehead atoms. The Labute approximate surface area is 179 Å². The highest BCUT2D eigenvalue weighted by atomic mass is 19.4. The molecule has 12 heteroatoms. The van der Waals surface area contributed by atoms with Crippen LogP contribution in [0, 0.1) is 17.1 Å².